The van der Waals surface area contributed by atoms with Crippen LogP contribution in [0.1, 0.15) is 37.7 Å². The van der Waals surface area contributed by atoms with E-state index < -0.39 is 6.04 Å². The van der Waals surface area contributed by atoms with Crippen molar-refractivity contribution in [2.45, 2.75) is 44.7 Å². The lowest BCUT2D eigenvalue weighted by atomic mass is 9.84. The zero-order valence-corrected chi connectivity index (χ0v) is 13.7. The van der Waals surface area contributed by atoms with Gasteiger partial charge in [-0.05, 0) is 30.9 Å². The highest BCUT2D eigenvalue weighted by atomic mass is 35.5. The minimum Gasteiger partial charge on any atom is -0.326 e. The van der Waals surface area contributed by atoms with Crippen LogP contribution in [0.25, 0.3) is 0 Å². The molecule has 4 nitrogen and oxygen atoms in total. The number of urea groups is 1. The summed E-state index contributed by atoms with van der Waals surface area (Å²) in [5.74, 6) is 0.0878. The maximum Gasteiger partial charge on any atom is 0.325 e. The zero-order valence-electron chi connectivity index (χ0n) is 12.1. The van der Waals surface area contributed by atoms with E-state index in [2.05, 4.69) is 5.32 Å². The summed E-state index contributed by atoms with van der Waals surface area (Å²) in [5.41, 5.74) is 0.610. The maximum atomic E-state index is 12.6. The lowest BCUT2D eigenvalue weighted by molar-refractivity contribution is -0.129. The van der Waals surface area contributed by atoms with Crippen molar-refractivity contribution in [2.24, 2.45) is 5.92 Å². The molecule has 0 radical (unpaired) electrons. The van der Waals surface area contributed by atoms with Gasteiger partial charge in [-0.15, -0.1) is 0 Å². The third-order valence-corrected chi connectivity index (χ3v) is 5.26. The zero-order chi connectivity index (χ0) is 15.7. The van der Waals surface area contributed by atoms with Gasteiger partial charge in [-0.2, -0.15) is 0 Å². The molecule has 22 heavy (non-hydrogen) atoms. The molecule has 0 unspecified atom stereocenters. The van der Waals surface area contributed by atoms with Crippen molar-refractivity contribution in [1.82, 2.24) is 10.2 Å². The number of nitrogens with zero attached hydrogens (tertiary/aromatic N) is 1. The van der Waals surface area contributed by atoms with Gasteiger partial charge in [0.25, 0.3) is 5.91 Å². The highest BCUT2D eigenvalue weighted by molar-refractivity contribution is 6.36. The second-order valence-corrected chi connectivity index (χ2v) is 6.76. The van der Waals surface area contributed by atoms with E-state index in [-0.39, 0.29) is 24.4 Å². The van der Waals surface area contributed by atoms with Gasteiger partial charge in [-0.3, -0.25) is 9.69 Å². The van der Waals surface area contributed by atoms with E-state index in [9.17, 15) is 9.59 Å². The molecule has 0 bridgehead atoms. The number of nitrogens with one attached hydrogen (secondary N) is 1. The van der Waals surface area contributed by atoms with Crippen LogP contribution in [0.2, 0.25) is 10.0 Å². The molecule has 1 aliphatic heterocycles. The first-order valence-electron chi connectivity index (χ1n) is 7.62. The number of carbonyl (C=O) groups is 2. The Morgan fingerprint density at radius 1 is 1.09 bits per heavy atom. The first-order chi connectivity index (χ1) is 10.6. The summed E-state index contributed by atoms with van der Waals surface area (Å²) in [6, 6.07) is 4.41. The molecule has 1 atom stereocenters. The smallest absolute Gasteiger partial charge is 0.325 e. The summed E-state index contributed by atoms with van der Waals surface area (Å²) in [6.45, 7) is 0.117. The molecule has 1 saturated carbocycles. The van der Waals surface area contributed by atoms with Gasteiger partial charge >= 0.3 is 6.03 Å². The Balaban J connectivity index is 1.77. The maximum absolute atomic E-state index is 12.6. The average Bonchev–Trinajstić information content (AvgIpc) is 2.79. The van der Waals surface area contributed by atoms with Crippen LogP contribution in [0.4, 0.5) is 4.79 Å². The van der Waals surface area contributed by atoms with Crippen molar-refractivity contribution in [3.8, 4) is 0 Å². The molecule has 3 rings (SSSR count). The van der Waals surface area contributed by atoms with Crippen molar-refractivity contribution in [1.29, 1.82) is 0 Å². The number of rotatable bonds is 3. The summed E-state index contributed by atoms with van der Waals surface area (Å²) in [6.07, 6.45) is 5.46. The third-order valence-electron chi connectivity index (χ3n) is 4.56. The van der Waals surface area contributed by atoms with E-state index >= 15 is 0 Å². The Hall–Kier alpha value is -1.26. The Morgan fingerprint density at radius 3 is 2.36 bits per heavy atom. The number of amides is 3. The van der Waals surface area contributed by atoms with Crippen LogP contribution < -0.4 is 5.32 Å². The van der Waals surface area contributed by atoms with Crippen LogP contribution in [0.5, 0.6) is 0 Å². The van der Waals surface area contributed by atoms with E-state index in [1.807, 2.05) is 0 Å². The van der Waals surface area contributed by atoms with E-state index in [0.717, 1.165) is 25.7 Å². The van der Waals surface area contributed by atoms with Gasteiger partial charge in [0, 0.05) is 15.6 Å². The molecule has 1 heterocycles. The predicted octanol–water partition coefficient (Wildman–Crippen LogP) is 3.99. The Kier molecular flexibility index (Phi) is 4.59. The minimum absolute atomic E-state index is 0.117. The molecule has 2 fully saturated rings. The molecule has 1 aliphatic carbocycles. The van der Waals surface area contributed by atoms with E-state index in [1.165, 1.54) is 11.3 Å². The van der Waals surface area contributed by atoms with Gasteiger partial charge in [0.2, 0.25) is 0 Å². The van der Waals surface area contributed by atoms with Crippen molar-refractivity contribution in [3.05, 3.63) is 33.8 Å². The molecule has 1 aromatic carbocycles. The lowest BCUT2D eigenvalue weighted by Crippen LogP contribution is -2.38. The highest BCUT2D eigenvalue weighted by Gasteiger charge is 2.42. The number of imide groups is 1. The number of carbonyl (C=O) groups excluding carboxylic acids is 2. The number of hydrogen-bond acceptors (Lipinski definition) is 2. The van der Waals surface area contributed by atoms with Crippen LogP contribution in [-0.4, -0.2) is 22.9 Å². The molecular weight excluding hydrogens is 323 g/mol. The summed E-state index contributed by atoms with van der Waals surface area (Å²) in [7, 11) is 0. The molecule has 1 aromatic rings. The molecule has 0 spiro atoms. The molecular formula is C16H18Cl2N2O2. The van der Waals surface area contributed by atoms with Crippen molar-refractivity contribution in [3.63, 3.8) is 0 Å². The topological polar surface area (TPSA) is 49.4 Å². The number of halogens is 2. The first-order valence-corrected chi connectivity index (χ1v) is 8.38. The molecule has 2 aliphatic rings. The summed E-state index contributed by atoms with van der Waals surface area (Å²) in [5, 5.41) is 3.77. The van der Waals surface area contributed by atoms with Crippen molar-refractivity contribution in [2.75, 3.05) is 0 Å². The van der Waals surface area contributed by atoms with E-state index in [4.69, 9.17) is 23.2 Å². The van der Waals surface area contributed by atoms with Crippen LogP contribution in [-0.2, 0) is 11.3 Å². The monoisotopic (exact) mass is 340 g/mol. The summed E-state index contributed by atoms with van der Waals surface area (Å²) in [4.78, 5) is 26.0. The molecule has 118 valence electrons. The largest absolute Gasteiger partial charge is 0.326 e. The molecule has 6 heteroatoms. The van der Waals surface area contributed by atoms with Crippen LogP contribution in [0, 0.1) is 5.92 Å². The quantitative estimate of drug-likeness (QED) is 0.845. The van der Waals surface area contributed by atoms with Gasteiger partial charge in [0.1, 0.15) is 6.04 Å². The van der Waals surface area contributed by atoms with Gasteiger partial charge < -0.3 is 5.32 Å². The first kappa shape index (κ1) is 15.6. The predicted molar refractivity (Wildman–Crippen MR) is 85.9 cm³/mol. The third kappa shape index (κ3) is 2.95. The Morgan fingerprint density at radius 2 is 1.73 bits per heavy atom. The van der Waals surface area contributed by atoms with Crippen LogP contribution in [0.15, 0.2) is 18.2 Å². The fraction of sp³-hybridized carbons (Fsp3) is 0.500. The highest BCUT2D eigenvalue weighted by Crippen LogP contribution is 2.31. The molecule has 3 amide bonds. The molecule has 1 saturated heterocycles. The number of hydrogen-bond donors (Lipinski definition) is 1. The Labute approximate surface area is 139 Å². The summed E-state index contributed by atoms with van der Waals surface area (Å²) < 4.78 is 0. The second-order valence-electron chi connectivity index (χ2n) is 5.95. The van der Waals surface area contributed by atoms with Crippen molar-refractivity contribution >= 4 is 35.1 Å². The SMILES string of the molecule is O=C1N[C@@H](C2CCCCC2)C(=O)N1Cc1c(Cl)cccc1Cl. The van der Waals surface area contributed by atoms with E-state index in [0.29, 0.717) is 15.6 Å². The van der Waals surface area contributed by atoms with Gasteiger partial charge in [-0.25, -0.2) is 4.79 Å². The number of benzene rings is 1. The van der Waals surface area contributed by atoms with Crippen LogP contribution in [0.3, 0.4) is 0 Å². The molecule has 0 aromatic heterocycles. The average molecular weight is 341 g/mol. The van der Waals surface area contributed by atoms with Gasteiger partial charge in [0.05, 0.1) is 6.54 Å². The minimum atomic E-state index is -0.394. The fourth-order valence-corrected chi connectivity index (χ4v) is 3.84. The van der Waals surface area contributed by atoms with Gasteiger partial charge in [0.15, 0.2) is 0 Å². The Bertz CT molecular complexity index is 580. The van der Waals surface area contributed by atoms with Crippen molar-refractivity contribution < 1.29 is 9.59 Å². The fourth-order valence-electron chi connectivity index (χ4n) is 3.32. The summed E-state index contributed by atoms with van der Waals surface area (Å²) >= 11 is 12.3. The molecule has 1 N–H and O–H groups in total. The van der Waals surface area contributed by atoms with E-state index in [1.54, 1.807) is 18.2 Å². The van der Waals surface area contributed by atoms with Gasteiger partial charge in [-0.1, -0.05) is 48.5 Å². The van der Waals surface area contributed by atoms with Crippen LogP contribution >= 0.6 is 23.2 Å². The standard InChI is InChI=1S/C16H18Cl2N2O2/c17-12-7-4-8-13(18)11(12)9-20-15(21)14(19-16(20)22)10-5-2-1-3-6-10/h4,7-8,10,14H,1-3,5-6,9H2,(H,19,22)/t14-/m0/s1. The normalized spacial score (nSPS) is 23.0. The lowest BCUT2D eigenvalue weighted by Gasteiger charge is -2.25. The second kappa shape index (κ2) is 6.47.